The minimum Gasteiger partial charge on any atom is -0.390 e. The maximum atomic E-state index is 11.1. The van der Waals surface area contributed by atoms with Gasteiger partial charge in [0.15, 0.2) is 0 Å². The van der Waals surface area contributed by atoms with E-state index in [-0.39, 0.29) is 0 Å². The Balaban J connectivity index is 1.43. The summed E-state index contributed by atoms with van der Waals surface area (Å²) in [5, 5.41) is 14.7. The number of likely N-dealkylation sites (tertiary alicyclic amines) is 1. The number of hydrogen-bond donors (Lipinski definition) is 1. The van der Waals surface area contributed by atoms with Crippen LogP contribution in [0.4, 0.5) is 0 Å². The summed E-state index contributed by atoms with van der Waals surface area (Å²) in [5.41, 5.74) is 2.95. The molecular weight excluding hydrogens is 415 g/mol. The highest BCUT2D eigenvalue weighted by molar-refractivity contribution is 6.33. The molecule has 2 aromatic carbocycles. The fraction of sp³-hybridized carbons (Fsp3) is 0.520. The van der Waals surface area contributed by atoms with Gasteiger partial charge in [-0.2, -0.15) is 0 Å². The van der Waals surface area contributed by atoms with Crippen molar-refractivity contribution in [2.75, 3.05) is 13.1 Å². The third-order valence-corrected chi connectivity index (χ3v) is 7.62. The molecular formula is C25H30Cl2N2O. The predicted molar refractivity (Wildman–Crippen MR) is 127 cm³/mol. The Labute approximate surface area is 188 Å². The summed E-state index contributed by atoms with van der Waals surface area (Å²) >= 11 is 12.6. The lowest BCUT2D eigenvalue weighted by molar-refractivity contribution is 0.0833. The second-order valence-electron chi connectivity index (χ2n) is 10.7. The summed E-state index contributed by atoms with van der Waals surface area (Å²) in [6.07, 6.45) is 3.33. The molecule has 1 aromatic heterocycles. The second kappa shape index (κ2) is 7.13. The molecule has 3 unspecified atom stereocenters. The third-order valence-electron chi connectivity index (χ3n) is 7.15. The van der Waals surface area contributed by atoms with Crippen LogP contribution in [0.3, 0.4) is 0 Å². The molecule has 2 fully saturated rings. The second-order valence-corrected chi connectivity index (χ2v) is 11.6. The van der Waals surface area contributed by atoms with Crippen molar-refractivity contribution in [3.8, 4) is 0 Å². The molecule has 2 bridgehead atoms. The molecule has 3 aromatic rings. The smallest absolute Gasteiger partial charge is 0.0846 e. The average molecular weight is 445 g/mol. The molecule has 1 aliphatic heterocycles. The molecule has 0 spiro atoms. The summed E-state index contributed by atoms with van der Waals surface area (Å²) in [6.45, 7) is 9.59. The van der Waals surface area contributed by atoms with Gasteiger partial charge in [-0.15, -0.1) is 0 Å². The van der Waals surface area contributed by atoms with Crippen molar-refractivity contribution in [3.63, 3.8) is 0 Å². The summed E-state index contributed by atoms with van der Waals surface area (Å²) in [5.74, 6) is 0. The topological polar surface area (TPSA) is 28.4 Å². The molecule has 30 heavy (non-hydrogen) atoms. The van der Waals surface area contributed by atoms with E-state index in [9.17, 15) is 5.11 Å². The highest BCUT2D eigenvalue weighted by Gasteiger charge is 2.49. The van der Waals surface area contributed by atoms with E-state index in [0.29, 0.717) is 33.5 Å². The molecule has 1 saturated carbocycles. The number of benzene rings is 2. The third kappa shape index (κ3) is 3.64. The number of halogens is 2. The van der Waals surface area contributed by atoms with Crippen LogP contribution >= 0.6 is 23.2 Å². The Morgan fingerprint density at radius 2 is 1.57 bits per heavy atom. The molecule has 3 atom stereocenters. The molecule has 2 aliphatic rings. The van der Waals surface area contributed by atoms with Gasteiger partial charge in [0.2, 0.25) is 0 Å². The van der Waals surface area contributed by atoms with E-state index < -0.39 is 6.10 Å². The van der Waals surface area contributed by atoms with Gasteiger partial charge in [-0.1, -0.05) is 44.0 Å². The molecule has 1 aliphatic carbocycles. The molecule has 2 heterocycles. The number of aliphatic hydroxyl groups excluding tert-OH is 1. The SMILES string of the molecule is CC1(C)CC2CC(C)(CN2CC(O)Cn2c3ccc(Cl)cc3c3cc(Cl)ccc32)C1. The van der Waals surface area contributed by atoms with E-state index in [2.05, 4.69) is 30.2 Å². The monoisotopic (exact) mass is 444 g/mol. The van der Waals surface area contributed by atoms with Gasteiger partial charge in [0, 0.05) is 51.0 Å². The van der Waals surface area contributed by atoms with E-state index in [1.165, 1.54) is 19.3 Å². The van der Waals surface area contributed by atoms with Gasteiger partial charge in [0.25, 0.3) is 0 Å². The number of aliphatic hydroxyl groups is 1. The fourth-order valence-electron chi connectivity index (χ4n) is 6.57. The number of β-amino-alcohol motifs (C(OH)–C–C–N with tert-alkyl or cyclic N) is 1. The van der Waals surface area contributed by atoms with Crippen LogP contribution in [0.25, 0.3) is 21.8 Å². The molecule has 1 saturated heterocycles. The lowest BCUT2D eigenvalue weighted by atomic mass is 9.65. The average Bonchev–Trinajstić information content (AvgIpc) is 3.04. The maximum absolute atomic E-state index is 11.1. The van der Waals surface area contributed by atoms with Crippen molar-refractivity contribution in [3.05, 3.63) is 46.4 Å². The van der Waals surface area contributed by atoms with E-state index in [0.717, 1.165) is 34.9 Å². The molecule has 0 radical (unpaired) electrons. The van der Waals surface area contributed by atoms with Gasteiger partial charge >= 0.3 is 0 Å². The van der Waals surface area contributed by atoms with Crippen molar-refractivity contribution in [2.24, 2.45) is 10.8 Å². The lowest BCUT2D eigenvalue weighted by Gasteiger charge is -2.40. The van der Waals surface area contributed by atoms with Crippen LogP contribution in [0.1, 0.15) is 40.0 Å². The van der Waals surface area contributed by atoms with E-state index in [4.69, 9.17) is 23.2 Å². The van der Waals surface area contributed by atoms with E-state index in [1.54, 1.807) is 0 Å². The van der Waals surface area contributed by atoms with Crippen LogP contribution in [-0.2, 0) is 6.54 Å². The highest BCUT2D eigenvalue weighted by atomic mass is 35.5. The highest BCUT2D eigenvalue weighted by Crippen LogP contribution is 2.52. The zero-order chi connectivity index (χ0) is 21.3. The fourth-order valence-corrected chi connectivity index (χ4v) is 6.92. The van der Waals surface area contributed by atoms with Gasteiger partial charge in [-0.05, 0) is 66.5 Å². The Bertz CT molecular complexity index is 1060. The van der Waals surface area contributed by atoms with E-state index in [1.807, 2.05) is 36.4 Å². The molecule has 5 heteroatoms. The lowest BCUT2D eigenvalue weighted by Crippen LogP contribution is -2.39. The van der Waals surface area contributed by atoms with Crippen molar-refractivity contribution in [2.45, 2.75) is 58.7 Å². The summed E-state index contributed by atoms with van der Waals surface area (Å²) in [6, 6.07) is 12.5. The molecule has 5 rings (SSSR count). The van der Waals surface area contributed by atoms with Crippen molar-refractivity contribution < 1.29 is 5.11 Å². The number of hydrogen-bond acceptors (Lipinski definition) is 2. The molecule has 160 valence electrons. The summed E-state index contributed by atoms with van der Waals surface area (Å²) < 4.78 is 2.22. The Morgan fingerprint density at radius 3 is 2.17 bits per heavy atom. The Kier molecular flexibility index (Phi) is 4.90. The van der Waals surface area contributed by atoms with Crippen LogP contribution in [0.5, 0.6) is 0 Å². The quantitative estimate of drug-likeness (QED) is 0.506. The van der Waals surface area contributed by atoms with E-state index >= 15 is 0 Å². The summed E-state index contributed by atoms with van der Waals surface area (Å²) in [4.78, 5) is 2.54. The number of nitrogens with zero attached hydrogens (tertiary/aromatic N) is 2. The largest absolute Gasteiger partial charge is 0.390 e. The minimum atomic E-state index is -0.429. The van der Waals surface area contributed by atoms with Gasteiger partial charge in [-0.25, -0.2) is 0 Å². The van der Waals surface area contributed by atoms with Crippen LogP contribution < -0.4 is 0 Å². The first-order chi connectivity index (χ1) is 14.1. The van der Waals surface area contributed by atoms with Crippen molar-refractivity contribution in [1.82, 2.24) is 9.47 Å². The Hall–Kier alpha value is -1.26. The first-order valence-electron chi connectivity index (χ1n) is 10.9. The molecule has 3 nitrogen and oxygen atoms in total. The predicted octanol–water partition coefficient (Wildman–Crippen LogP) is 6.36. The van der Waals surface area contributed by atoms with Crippen LogP contribution in [0.15, 0.2) is 36.4 Å². The Morgan fingerprint density at radius 1 is 0.967 bits per heavy atom. The molecule has 0 amide bonds. The van der Waals surface area contributed by atoms with Gasteiger partial charge in [0.05, 0.1) is 12.6 Å². The van der Waals surface area contributed by atoms with Crippen LogP contribution in [-0.4, -0.2) is 39.8 Å². The van der Waals surface area contributed by atoms with Crippen LogP contribution in [0, 0.1) is 10.8 Å². The zero-order valence-corrected chi connectivity index (χ0v) is 19.5. The first kappa shape index (κ1) is 20.6. The van der Waals surface area contributed by atoms with Gasteiger partial charge < -0.3 is 9.67 Å². The normalized spacial score (nSPS) is 27.2. The van der Waals surface area contributed by atoms with Gasteiger partial charge in [0.1, 0.15) is 0 Å². The number of aromatic nitrogens is 1. The summed E-state index contributed by atoms with van der Waals surface area (Å²) in [7, 11) is 0. The number of rotatable bonds is 4. The van der Waals surface area contributed by atoms with Crippen molar-refractivity contribution in [1.29, 1.82) is 0 Å². The standard InChI is InChI=1S/C25H30Cl2N2O/c1-24(2)10-18-11-25(3,14-24)15-28(18)12-19(30)13-29-22-6-4-16(26)8-20(22)21-9-17(27)5-7-23(21)29/h4-9,18-19,30H,10-15H2,1-3H3. The minimum absolute atomic E-state index is 0.381. The van der Waals surface area contributed by atoms with Crippen LogP contribution in [0.2, 0.25) is 10.0 Å². The number of fused-ring (bicyclic) bond motifs is 5. The zero-order valence-electron chi connectivity index (χ0n) is 18.0. The van der Waals surface area contributed by atoms with Gasteiger partial charge in [-0.3, -0.25) is 4.90 Å². The first-order valence-corrected chi connectivity index (χ1v) is 11.7. The maximum Gasteiger partial charge on any atom is 0.0846 e. The molecule has 1 N–H and O–H groups in total. The van der Waals surface area contributed by atoms with Crippen molar-refractivity contribution >= 4 is 45.0 Å².